The summed E-state index contributed by atoms with van der Waals surface area (Å²) < 4.78 is 0. The van der Waals surface area contributed by atoms with E-state index in [1.54, 1.807) is 0 Å². The first-order chi connectivity index (χ1) is 8.93. The maximum Gasteiger partial charge on any atom is 0.225 e. The molecule has 3 rings (SSSR count). The Labute approximate surface area is 121 Å². The number of anilines is 1. The second-order valence-electron chi connectivity index (χ2n) is 5.35. The van der Waals surface area contributed by atoms with E-state index in [1.807, 2.05) is 6.20 Å². The second kappa shape index (κ2) is 7.06. The standard InChI is InChI=1S/C14H22N4.ClH/c1-2-10-18(11-3-1)14-16-9-6-13(17-14)12-4-7-15-8-5-12;/h6,9,12,15H,1-5,7-8,10-11H2;1H. The summed E-state index contributed by atoms with van der Waals surface area (Å²) in [5, 5.41) is 3.41. The quantitative estimate of drug-likeness (QED) is 0.904. The Hall–Kier alpha value is -0.870. The van der Waals surface area contributed by atoms with Crippen molar-refractivity contribution >= 4 is 18.4 Å². The molecule has 3 heterocycles. The maximum absolute atomic E-state index is 4.81. The van der Waals surface area contributed by atoms with Crippen molar-refractivity contribution in [3.63, 3.8) is 0 Å². The van der Waals surface area contributed by atoms with Gasteiger partial charge in [-0.3, -0.25) is 0 Å². The summed E-state index contributed by atoms with van der Waals surface area (Å²) in [6, 6.07) is 2.10. The van der Waals surface area contributed by atoms with Crippen molar-refractivity contribution in [2.45, 2.75) is 38.0 Å². The highest BCUT2D eigenvalue weighted by Gasteiger charge is 2.19. The highest BCUT2D eigenvalue weighted by Crippen LogP contribution is 2.25. The fourth-order valence-electron chi connectivity index (χ4n) is 2.95. The molecule has 0 bridgehead atoms. The van der Waals surface area contributed by atoms with Gasteiger partial charge in [-0.1, -0.05) is 0 Å². The molecule has 0 saturated carbocycles. The average molecular weight is 283 g/mol. The number of aromatic nitrogens is 2. The third-order valence-electron chi connectivity index (χ3n) is 4.06. The fourth-order valence-corrected chi connectivity index (χ4v) is 2.95. The molecular formula is C14H23ClN4. The molecule has 1 aromatic rings. The normalized spacial score (nSPS) is 20.9. The van der Waals surface area contributed by atoms with Gasteiger partial charge in [0.1, 0.15) is 0 Å². The minimum absolute atomic E-state index is 0. The van der Waals surface area contributed by atoms with Crippen LogP contribution in [0.25, 0.3) is 0 Å². The van der Waals surface area contributed by atoms with Crippen molar-refractivity contribution in [2.24, 2.45) is 0 Å². The van der Waals surface area contributed by atoms with E-state index in [0.717, 1.165) is 32.1 Å². The number of hydrogen-bond donors (Lipinski definition) is 1. The van der Waals surface area contributed by atoms with Gasteiger partial charge in [0.25, 0.3) is 0 Å². The van der Waals surface area contributed by atoms with Gasteiger partial charge < -0.3 is 10.2 Å². The zero-order chi connectivity index (χ0) is 12.2. The van der Waals surface area contributed by atoms with Crippen LogP contribution in [-0.4, -0.2) is 36.1 Å². The molecule has 0 spiro atoms. The lowest BCUT2D eigenvalue weighted by atomic mass is 9.94. The molecule has 19 heavy (non-hydrogen) atoms. The highest BCUT2D eigenvalue weighted by atomic mass is 35.5. The topological polar surface area (TPSA) is 41.1 Å². The van der Waals surface area contributed by atoms with E-state index in [2.05, 4.69) is 21.3 Å². The fraction of sp³-hybridized carbons (Fsp3) is 0.714. The molecule has 106 valence electrons. The van der Waals surface area contributed by atoms with Crippen LogP contribution in [0.5, 0.6) is 0 Å². The Kier molecular flexibility index (Phi) is 5.40. The molecule has 0 aliphatic carbocycles. The number of rotatable bonds is 2. The van der Waals surface area contributed by atoms with Crippen molar-refractivity contribution in [1.82, 2.24) is 15.3 Å². The molecule has 2 fully saturated rings. The van der Waals surface area contributed by atoms with Crippen LogP contribution < -0.4 is 10.2 Å². The van der Waals surface area contributed by atoms with Gasteiger partial charge in [-0.2, -0.15) is 0 Å². The van der Waals surface area contributed by atoms with Gasteiger partial charge in [0, 0.05) is 30.9 Å². The SMILES string of the molecule is Cl.c1cc(C2CCNCC2)nc(N2CCCCC2)n1. The molecule has 0 atom stereocenters. The number of nitrogens with one attached hydrogen (secondary N) is 1. The zero-order valence-electron chi connectivity index (χ0n) is 11.3. The summed E-state index contributed by atoms with van der Waals surface area (Å²) in [4.78, 5) is 11.6. The van der Waals surface area contributed by atoms with Gasteiger partial charge in [-0.25, -0.2) is 9.97 Å². The number of piperidine rings is 2. The summed E-state index contributed by atoms with van der Waals surface area (Å²) in [7, 11) is 0. The van der Waals surface area contributed by atoms with Gasteiger partial charge in [0.15, 0.2) is 0 Å². The van der Waals surface area contributed by atoms with Crippen molar-refractivity contribution in [3.8, 4) is 0 Å². The third kappa shape index (κ3) is 3.57. The van der Waals surface area contributed by atoms with E-state index in [0.29, 0.717) is 5.92 Å². The Morgan fingerprint density at radius 3 is 2.58 bits per heavy atom. The second-order valence-corrected chi connectivity index (χ2v) is 5.35. The molecule has 4 nitrogen and oxygen atoms in total. The van der Waals surface area contributed by atoms with Crippen LogP contribution in [-0.2, 0) is 0 Å². The van der Waals surface area contributed by atoms with E-state index >= 15 is 0 Å². The minimum Gasteiger partial charge on any atom is -0.341 e. The van der Waals surface area contributed by atoms with Crippen molar-refractivity contribution in [1.29, 1.82) is 0 Å². The first-order valence-electron chi connectivity index (χ1n) is 7.22. The summed E-state index contributed by atoms with van der Waals surface area (Å²) in [5.41, 5.74) is 1.24. The molecule has 5 heteroatoms. The summed E-state index contributed by atoms with van der Waals surface area (Å²) in [5.74, 6) is 1.57. The Bertz CT molecular complexity index is 354. The molecule has 0 radical (unpaired) electrons. The van der Waals surface area contributed by atoms with Gasteiger partial charge in [0.2, 0.25) is 5.95 Å². The molecule has 1 aromatic heterocycles. The van der Waals surface area contributed by atoms with E-state index < -0.39 is 0 Å². The molecule has 0 unspecified atom stereocenters. The molecule has 0 amide bonds. The molecule has 2 aliphatic rings. The first kappa shape index (κ1) is 14.5. The summed E-state index contributed by atoms with van der Waals surface area (Å²) in [6.45, 7) is 4.48. The van der Waals surface area contributed by atoms with Crippen LogP contribution in [0.1, 0.15) is 43.7 Å². The predicted molar refractivity (Wildman–Crippen MR) is 80.2 cm³/mol. The molecule has 2 saturated heterocycles. The van der Waals surface area contributed by atoms with Crippen molar-refractivity contribution in [3.05, 3.63) is 18.0 Å². The number of nitrogens with zero attached hydrogens (tertiary/aromatic N) is 3. The Morgan fingerprint density at radius 1 is 1.11 bits per heavy atom. The number of hydrogen-bond acceptors (Lipinski definition) is 4. The molecular weight excluding hydrogens is 260 g/mol. The van der Waals surface area contributed by atoms with Gasteiger partial charge in [0.05, 0.1) is 0 Å². The van der Waals surface area contributed by atoms with Crippen LogP contribution >= 0.6 is 12.4 Å². The Morgan fingerprint density at radius 2 is 1.84 bits per heavy atom. The Balaban J connectivity index is 0.00000133. The van der Waals surface area contributed by atoms with E-state index in [1.165, 1.54) is 37.8 Å². The van der Waals surface area contributed by atoms with Crippen molar-refractivity contribution < 1.29 is 0 Å². The lowest BCUT2D eigenvalue weighted by molar-refractivity contribution is 0.452. The van der Waals surface area contributed by atoms with E-state index in [4.69, 9.17) is 4.98 Å². The molecule has 1 N–H and O–H groups in total. The van der Waals surface area contributed by atoms with Crippen LogP contribution in [0, 0.1) is 0 Å². The smallest absolute Gasteiger partial charge is 0.225 e. The third-order valence-corrected chi connectivity index (χ3v) is 4.06. The summed E-state index contributed by atoms with van der Waals surface area (Å²) >= 11 is 0. The van der Waals surface area contributed by atoms with E-state index in [-0.39, 0.29) is 12.4 Å². The van der Waals surface area contributed by atoms with Crippen LogP contribution in [0.2, 0.25) is 0 Å². The van der Waals surface area contributed by atoms with Crippen LogP contribution in [0.15, 0.2) is 12.3 Å². The van der Waals surface area contributed by atoms with E-state index in [9.17, 15) is 0 Å². The van der Waals surface area contributed by atoms with Gasteiger partial charge >= 0.3 is 0 Å². The molecule has 2 aliphatic heterocycles. The average Bonchev–Trinajstić information content (AvgIpc) is 2.49. The summed E-state index contributed by atoms with van der Waals surface area (Å²) in [6.07, 6.45) is 8.26. The largest absolute Gasteiger partial charge is 0.341 e. The van der Waals surface area contributed by atoms with Crippen molar-refractivity contribution in [2.75, 3.05) is 31.1 Å². The van der Waals surface area contributed by atoms with Gasteiger partial charge in [-0.05, 0) is 51.3 Å². The lowest BCUT2D eigenvalue weighted by Crippen LogP contribution is -2.32. The van der Waals surface area contributed by atoms with Crippen LogP contribution in [0.3, 0.4) is 0 Å². The highest BCUT2D eigenvalue weighted by molar-refractivity contribution is 5.85. The minimum atomic E-state index is 0. The maximum atomic E-state index is 4.81. The monoisotopic (exact) mass is 282 g/mol. The lowest BCUT2D eigenvalue weighted by Gasteiger charge is -2.28. The molecule has 0 aromatic carbocycles. The zero-order valence-corrected chi connectivity index (χ0v) is 12.2. The van der Waals surface area contributed by atoms with Crippen LogP contribution in [0.4, 0.5) is 5.95 Å². The first-order valence-corrected chi connectivity index (χ1v) is 7.22. The number of halogens is 1. The predicted octanol–water partition coefficient (Wildman–Crippen LogP) is 2.36. The van der Waals surface area contributed by atoms with Gasteiger partial charge in [-0.15, -0.1) is 12.4 Å².